The molecule has 0 aromatic rings. The first kappa shape index (κ1) is 7.34. The lowest BCUT2D eigenvalue weighted by atomic mass is 10.2. The summed E-state index contributed by atoms with van der Waals surface area (Å²) in [5.41, 5.74) is 5.03. The summed E-state index contributed by atoms with van der Waals surface area (Å²) in [6, 6.07) is -0.554. The van der Waals surface area contributed by atoms with Crippen LogP contribution in [0.15, 0.2) is 0 Å². The molecule has 2 amide bonds. The number of rotatable bonds is 0. The topological polar surface area (TPSA) is 66.6 Å². The average Bonchev–Trinajstić information content (AvgIpc) is 2.14. The zero-order chi connectivity index (χ0) is 7.72. The Balaban J connectivity index is 2.57. The molecular weight excluding hydrogens is 132 g/mol. The highest BCUT2D eigenvalue weighted by Gasteiger charge is 2.30. The predicted octanol–water partition coefficient (Wildman–Crippen LogP) is -0.480. The minimum Gasteiger partial charge on any atom is -0.391 e. The van der Waals surface area contributed by atoms with Gasteiger partial charge in [0.2, 0.25) is 0 Å². The van der Waals surface area contributed by atoms with Crippen LogP contribution >= 0.6 is 0 Å². The first-order chi connectivity index (χ1) is 4.63. The van der Waals surface area contributed by atoms with Crippen LogP contribution in [0.5, 0.6) is 0 Å². The van der Waals surface area contributed by atoms with Gasteiger partial charge >= 0.3 is 6.03 Å². The monoisotopic (exact) mass is 144 g/mol. The Hall–Kier alpha value is -0.770. The van der Waals surface area contributed by atoms with Gasteiger partial charge in [-0.25, -0.2) is 4.79 Å². The third-order valence-electron chi connectivity index (χ3n) is 2.00. The van der Waals surface area contributed by atoms with Crippen molar-refractivity contribution in [2.75, 3.05) is 6.54 Å². The lowest BCUT2D eigenvalue weighted by Gasteiger charge is -2.19. The van der Waals surface area contributed by atoms with Gasteiger partial charge in [0.05, 0.1) is 12.1 Å². The summed E-state index contributed by atoms with van der Waals surface area (Å²) in [6.45, 7) is 2.38. The molecule has 0 saturated carbocycles. The van der Waals surface area contributed by atoms with E-state index in [0.29, 0.717) is 13.0 Å². The molecule has 1 unspecified atom stereocenters. The van der Waals surface area contributed by atoms with Gasteiger partial charge in [0, 0.05) is 6.54 Å². The quantitative estimate of drug-likeness (QED) is 0.482. The maximum atomic E-state index is 10.6. The fourth-order valence-corrected chi connectivity index (χ4v) is 1.23. The molecule has 1 saturated heterocycles. The lowest BCUT2D eigenvalue weighted by Crippen LogP contribution is -2.40. The molecule has 0 aliphatic carbocycles. The van der Waals surface area contributed by atoms with Crippen molar-refractivity contribution in [3.05, 3.63) is 0 Å². The second-order valence-corrected chi connectivity index (χ2v) is 2.63. The number of amides is 2. The summed E-state index contributed by atoms with van der Waals surface area (Å²) in [6.07, 6.45) is 0.247. The van der Waals surface area contributed by atoms with Crippen LogP contribution in [-0.2, 0) is 0 Å². The van der Waals surface area contributed by atoms with Crippen molar-refractivity contribution in [2.24, 2.45) is 5.73 Å². The number of likely N-dealkylation sites (tertiary alicyclic amines) is 1. The highest BCUT2D eigenvalue weighted by Crippen LogP contribution is 2.16. The smallest absolute Gasteiger partial charge is 0.315 e. The van der Waals surface area contributed by atoms with Crippen LogP contribution in [-0.4, -0.2) is 34.7 Å². The third kappa shape index (κ3) is 1.07. The van der Waals surface area contributed by atoms with E-state index in [1.165, 1.54) is 4.90 Å². The number of carbonyl (C=O) groups is 1. The maximum absolute atomic E-state index is 10.6. The van der Waals surface area contributed by atoms with E-state index in [2.05, 4.69) is 0 Å². The second kappa shape index (κ2) is 2.46. The van der Waals surface area contributed by atoms with Crippen LogP contribution in [0.4, 0.5) is 4.79 Å². The van der Waals surface area contributed by atoms with Crippen LogP contribution in [0.3, 0.4) is 0 Å². The van der Waals surface area contributed by atoms with Crippen molar-refractivity contribution < 1.29 is 9.90 Å². The van der Waals surface area contributed by atoms with E-state index in [-0.39, 0.29) is 6.04 Å². The first-order valence-electron chi connectivity index (χ1n) is 3.37. The fourth-order valence-electron chi connectivity index (χ4n) is 1.23. The molecule has 2 atom stereocenters. The van der Waals surface area contributed by atoms with Crippen LogP contribution in [0.2, 0.25) is 0 Å². The summed E-state index contributed by atoms with van der Waals surface area (Å²) in [7, 11) is 0. The Morgan fingerprint density at radius 3 is 2.60 bits per heavy atom. The number of carbonyl (C=O) groups excluding carboxylic acids is 1. The maximum Gasteiger partial charge on any atom is 0.315 e. The minimum absolute atomic E-state index is 0.113. The van der Waals surface area contributed by atoms with Gasteiger partial charge in [0.1, 0.15) is 0 Å². The molecule has 0 radical (unpaired) electrons. The molecule has 1 rings (SSSR count). The lowest BCUT2D eigenvalue weighted by molar-refractivity contribution is 0.134. The van der Waals surface area contributed by atoms with E-state index >= 15 is 0 Å². The summed E-state index contributed by atoms with van der Waals surface area (Å²) >= 11 is 0. The molecule has 3 N–H and O–H groups in total. The van der Waals surface area contributed by atoms with Crippen molar-refractivity contribution in [3.8, 4) is 0 Å². The van der Waals surface area contributed by atoms with Gasteiger partial charge in [-0.2, -0.15) is 0 Å². The number of urea groups is 1. The molecule has 1 aliphatic rings. The third-order valence-corrected chi connectivity index (χ3v) is 2.00. The largest absolute Gasteiger partial charge is 0.391 e. The molecule has 0 aromatic carbocycles. The number of aliphatic hydroxyl groups is 1. The summed E-state index contributed by atoms with van der Waals surface area (Å²) in [5.74, 6) is 0. The van der Waals surface area contributed by atoms with Gasteiger partial charge in [-0.1, -0.05) is 0 Å². The molecule has 0 aromatic heterocycles. The highest BCUT2D eigenvalue weighted by molar-refractivity contribution is 5.72. The summed E-state index contributed by atoms with van der Waals surface area (Å²) in [5, 5.41) is 9.17. The van der Waals surface area contributed by atoms with Crippen molar-refractivity contribution in [1.29, 1.82) is 0 Å². The van der Waals surface area contributed by atoms with Crippen LogP contribution in [0, 0.1) is 0 Å². The number of hydrogen-bond acceptors (Lipinski definition) is 2. The molecule has 0 spiro atoms. The highest BCUT2D eigenvalue weighted by atomic mass is 16.3. The van der Waals surface area contributed by atoms with Crippen LogP contribution < -0.4 is 5.73 Å². The molecule has 1 fully saturated rings. The van der Waals surface area contributed by atoms with Crippen molar-refractivity contribution in [2.45, 2.75) is 25.5 Å². The van der Waals surface area contributed by atoms with E-state index in [9.17, 15) is 4.79 Å². The number of hydrogen-bond donors (Lipinski definition) is 2. The molecular formula is C6H12N2O2. The zero-order valence-corrected chi connectivity index (χ0v) is 5.95. The van der Waals surface area contributed by atoms with E-state index in [4.69, 9.17) is 10.8 Å². The standard InChI is InChI=1S/C6H12N2O2/c1-4-5(9)2-3-8(4)6(7)10/h4-5,9H,2-3H2,1H3,(H2,7,10)/t4-,5?/m1/s1. The first-order valence-corrected chi connectivity index (χ1v) is 3.37. The second-order valence-electron chi connectivity index (χ2n) is 2.63. The minimum atomic E-state index is -0.441. The molecule has 58 valence electrons. The van der Waals surface area contributed by atoms with Crippen molar-refractivity contribution >= 4 is 6.03 Å². The van der Waals surface area contributed by atoms with Crippen molar-refractivity contribution in [1.82, 2.24) is 4.90 Å². The van der Waals surface area contributed by atoms with Gasteiger partial charge in [-0.15, -0.1) is 0 Å². The van der Waals surface area contributed by atoms with Crippen LogP contribution in [0.25, 0.3) is 0 Å². The van der Waals surface area contributed by atoms with Gasteiger partial charge in [-0.05, 0) is 13.3 Å². The van der Waals surface area contributed by atoms with Gasteiger partial charge in [0.25, 0.3) is 0 Å². The van der Waals surface area contributed by atoms with Gasteiger partial charge in [-0.3, -0.25) is 0 Å². The van der Waals surface area contributed by atoms with Crippen molar-refractivity contribution in [3.63, 3.8) is 0 Å². The number of nitrogens with two attached hydrogens (primary N) is 1. The Morgan fingerprint density at radius 1 is 1.80 bits per heavy atom. The number of nitrogens with zero attached hydrogens (tertiary/aromatic N) is 1. The predicted molar refractivity (Wildman–Crippen MR) is 36.4 cm³/mol. The van der Waals surface area contributed by atoms with E-state index in [1.807, 2.05) is 0 Å². The number of aliphatic hydroxyl groups excluding tert-OH is 1. The normalized spacial score (nSPS) is 32.8. The van der Waals surface area contributed by atoms with E-state index < -0.39 is 12.1 Å². The number of primary amides is 1. The van der Waals surface area contributed by atoms with E-state index in [0.717, 1.165) is 0 Å². The SMILES string of the molecule is C[C@@H]1C(O)CCN1C(N)=O. The van der Waals surface area contributed by atoms with Crippen LogP contribution in [0.1, 0.15) is 13.3 Å². The molecule has 4 heteroatoms. The van der Waals surface area contributed by atoms with E-state index in [1.54, 1.807) is 6.92 Å². The molecule has 10 heavy (non-hydrogen) atoms. The molecule has 0 bridgehead atoms. The van der Waals surface area contributed by atoms with Gasteiger partial charge < -0.3 is 15.7 Å². The Morgan fingerprint density at radius 2 is 2.40 bits per heavy atom. The Kier molecular flexibility index (Phi) is 1.80. The zero-order valence-electron chi connectivity index (χ0n) is 5.95. The van der Waals surface area contributed by atoms with Gasteiger partial charge in [0.15, 0.2) is 0 Å². The molecule has 1 heterocycles. The fraction of sp³-hybridized carbons (Fsp3) is 0.833. The Labute approximate surface area is 59.6 Å². The molecule has 1 aliphatic heterocycles. The molecule has 4 nitrogen and oxygen atoms in total. The Bertz CT molecular complexity index is 149. The average molecular weight is 144 g/mol. The summed E-state index contributed by atoms with van der Waals surface area (Å²) < 4.78 is 0. The summed E-state index contributed by atoms with van der Waals surface area (Å²) in [4.78, 5) is 12.1.